The van der Waals surface area contributed by atoms with E-state index in [9.17, 15) is 0 Å². The number of piperidine rings is 1. The lowest BCUT2D eigenvalue weighted by atomic mass is 9.68. The molecule has 1 heterocycles. The van der Waals surface area contributed by atoms with E-state index < -0.39 is 0 Å². The maximum atomic E-state index is 6.20. The molecule has 0 amide bonds. The maximum Gasteiger partial charge on any atom is 0.0170 e. The molecule has 0 aromatic heterocycles. The summed E-state index contributed by atoms with van der Waals surface area (Å²) in [6.07, 6.45) is 8.17. The number of hydrogen-bond acceptors (Lipinski definition) is 2. The molecule has 1 aliphatic heterocycles. The van der Waals surface area contributed by atoms with Crippen molar-refractivity contribution in [2.75, 3.05) is 13.1 Å². The van der Waals surface area contributed by atoms with E-state index in [0.29, 0.717) is 11.5 Å². The van der Waals surface area contributed by atoms with Crippen molar-refractivity contribution in [2.45, 2.75) is 78.3 Å². The van der Waals surface area contributed by atoms with Gasteiger partial charge in [-0.3, -0.25) is 4.90 Å². The first kappa shape index (κ1) is 15.3. The van der Waals surface area contributed by atoms with Crippen LogP contribution in [0.15, 0.2) is 0 Å². The normalized spacial score (nSPS) is 38.4. The quantitative estimate of drug-likeness (QED) is 0.845. The highest BCUT2D eigenvalue weighted by Crippen LogP contribution is 2.41. The minimum Gasteiger partial charge on any atom is -0.327 e. The van der Waals surface area contributed by atoms with Gasteiger partial charge in [-0.2, -0.15) is 0 Å². The van der Waals surface area contributed by atoms with Gasteiger partial charge in [0.15, 0.2) is 0 Å². The van der Waals surface area contributed by atoms with Crippen molar-refractivity contribution in [2.24, 2.45) is 23.0 Å². The molecule has 0 bridgehead atoms. The number of rotatable bonds is 3. The molecule has 1 saturated heterocycles. The third kappa shape index (κ3) is 3.72. The fraction of sp³-hybridized carbons (Fsp3) is 1.00. The molecule has 0 radical (unpaired) electrons. The molecule has 2 aliphatic rings. The van der Waals surface area contributed by atoms with E-state index in [2.05, 4.69) is 32.6 Å². The van der Waals surface area contributed by atoms with Crippen LogP contribution in [0.4, 0.5) is 0 Å². The Morgan fingerprint density at radius 1 is 1.11 bits per heavy atom. The molecule has 2 rings (SSSR count). The molecule has 1 saturated carbocycles. The fourth-order valence-electron chi connectivity index (χ4n) is 4.25. The van der Waals surface area contributed by atoms with Crippen LogP contribution < -0.4 is 5.73 Å². The molecule has 0 aromatic carbocycles. The Morgan fingerprint density at radius 2 is 1.74 bits per heavy atom. The van der Waals surface area contributed by atoms with Crippen molar-refractivity contribution in [3.63, 3.8) is 0 Å². The Hall–Kier alpha value is -0.0800. The number of nitrogens with two attached hydrogens (primary N) is 1. The van der Waals surface area contributed by atoms with Crippen LogP contribution in [0.3, 0.4) is 0 Å². The highest BCUT2D eigenvalue weighted by Gasteiger charge is 2.35. The molecule has 2 heteroatoms. The van der Waals surface area contributed by atoms with Crippen molar-refractivity contribution < 1.29 is 0 Å². The Balaban J connectivity index is 1.86. The second-order valence-electron chi connectivity index (χ2n) is 7.90. The van der Waals surface area contributed by atoms with E-state index in [4.69, 9.17) is 5.73 Å². The molecule has 19 heavy (non-hydrogen) atoms. The fourth-order valence-corrected chi connectivity index (χ4v) is 4.25. The Morgan fingerprint density at radius 3 is 2.26 bits per heavy atom. The van der Waals surface area contributed by atoms with E-state index in [1.165, 1.54) is 45.1 Å². The van der Waals surface area contributed by atoms with Crippen molar-refractivity contribution in [1.82, 2.24) is 4.90 Å². The van der Waals surface area contributed by atoms with Gasteiger partial charge in [0.2, 0.25) is 0 Å². The van der Waals surface area contributed by atoms with Crippen molar-refractivity contribution in [3.8, 4) is 0 Å². The second kappa shape index (κ2) is 6.13. The summed E-state index contributed by atoms with van der Waals surface area (Å²) in [5.74, 6) is 1.72. The zero-order chi connectivity index (χ0) is 14.0. The molecular weight excluding hydrogens is 232 g/mol. The van der Waals surface area contributed by atoms with Crippen LogP contribution in [-0.2, 0) is 0 Å². The van der Waals surface area contributed by atoms with Crippen LogP contribution in [0.25, 0.3) is 0 Å². The van der Waals surface area contributed by atoms with Gasteiger partial charge in [0.25, 0.3) is 0 Å². The van der Waals surface area contributed by atoms with Crippen LogP contribution in [0, 0.1) is 17.3 Å². The average Bonchev–Trinajstić information content (AvgIpc) is 2.38. The predicted octanol–water partition coefficient (Wildman–Crippen LogP) is 3.65. The number of nitrogens with zero attached hydrogens (tertiary/aromatic N) is 1. The Kier molecular flexibility index (Phi) is 4.94. The smallest absolute Gasteiger partial charge is 0.0170 e. The molecule has 2 unspecified atom stereocenters. The van der Waals surface area contributed by atoms with Gasteiger partial charge >= 0.3 is 0 Å². The Bertz CT molecular complexity index is 269. The highest BCUT2D eigenvalue weighted by atomic mass is 15.2. The first-order valence-electron chi connectivity index (χ1n) is 8.42. The molecule has 2 fully saturated rings. The number of hydrogen-bond donors (Lipinski definition) is 1. The minimum absolute atomic E-state index is 0.411. The summed E-state index contributed by atoms with van der Waals surface area (Å²) in [5, 5.41) is 0. The second-order valence-corrected chi connectivity index (χ2v) is 7.90. The minimum atomic E-state index is 0.411. The topological polar surface area (TPSA) is 29.3 Å². The summed E-state index contributed by atoms with van der Waals surface area (Å²) in [4.78, 5) is 2.70. The monoisotopic (exact) mass is 266 g/mol. The van der Waals surface area contributed by atoms with E-state index in [1.807, 2.05) is 0 Å². The van der Waals surface area contributed by atoms with Crippen molar-refractivity contribution >= 4 is 0 Å². The van der Waals surface area contributed by atoms with Crippen molar-refractivity contribution in [3.05, 3.63) is 0 Å². The third-order valence-electron chi connectivity index (χ3n) is 5.95. The van der Waals surface area contributed by atoms with Crippen molar-refractivity contribution in [1.29, 1.82) is 0 Å². The maximum absolute atomic E-state index is 6.20. The standard InChI is InChI=1S/C17H34N2/c1-5-17(3,4)14-6-8-16(9-7-14)19-11-13(2)10-15(18)12-19/h13-16H,5-12,18H2,1-4H3. The third-order valence-corrected chi connectivity index (χ3v) is 5.95. The van der Waals surface area contributed by atoms with Gasteiger partial charge < -0.3 is 5.73 Å². The SMILES string of the molecule is CCC(C)(C)C1CCC(N2CC(C)CC(N)C2)CC1. The van der Waals surface area contributed by atoms with Gasteiger partial charge in [-0.05, 0) is 49.4 Å². The van der Waals surface area contributed by atoms with Gasteiger partial charge in [0.1, 0.15) is 0 Å². The lowest BCUT2D eigenvalue weighted by Gasteiger charge is -2.45. The molecule has 1 aliphatic carbocycles. The van der Waals surface area contributed by atoms with Gasteiger partial charge in [0.05, 0.1) is 0 Å². The summed E-state index contributed by atoms with van der Waals surface area (Å²) in [6.45, 7) is 12.0. The molecule has 0 spiro atoms. The first-order chi connectivity index (χ1) is 8.92. The van der Waals surface area contributed by atoms with Crippen LogP contribution in [0.5, 0.6) is 0 Å². The molecule has 112 valence electrons. The zero-order valence-electron chi connectivity index (χ0n) is 13.5. The summed E-state index contributed by atoms with van der Waals surface area (Å²) in [7, 11) is 0. The van der Waals surface area contributed by atoms with Gasteiger partial charge in [-0.15, -0.1) is 0 Å². The van der Waals surface area contributed by atoms with Crippen LogP contribution in [-0.4, -0.2) is 30.1 Å². The highest BCUT2D eigenvalue weighted by molar-refractivity contribution is 4.89. The van der Waals surface area contributed by atoms with Gasteiger partial charge in [-0.25, -0.2) is 0 Å². The lowest BCUT2D eigenvalue weighted by molar-refractivity contribution is 0.0554. The van der Waals surface area contributed by atoms with E-state index >= 15 is 0 Å². The van der Waals surface area contributed by atoms with Crippen LogP contribution in [0.1, 0.15) is 66.2 Å². The number of likely N-dealkylation sites (tertiary alicyclic amines) is 1. The van der Waals surface area contributed by atoms with Crippen LogP contribution >= 0.6 is 0 Å². The largest absolute Gasteiger partial charge is 0.327 e. The van der Waals surface area contributed by atoms with E-state index in [1.54, 1.807) is 0 Å². The van der Waals surface area contributed by atoms with E-state index in [-0.39, 0.29) is 0 Å². The molecule has 2 atom stereocenters. The molecule has 2 nitrogen and oxygen atoms in total. The summed E-state index contributed by atoms with van der Waals surface area (Å²) >= 11 is 0. The molecule has 0 aromatic rings. The zero-order valence-corrected chi connectivity index (χ0v) is 13.5. The predicted molar refractivity (Wildman–Crippen MR) is 83.1 cm³/mol. The van der Waals surface area contributed by atoms with E-state index in [0.717, 1.165) is 24.4 Å². The average molecular weight is 266 g/mol. The van der Waals surface area contributed by atoms with Gasteiger partial charge in [-0.1, -0.05) is 34.1 Å². The summed E-state index contributed by atoms with van der Waals surface area (Å²) < 4.78 is 0. The summed E-state index contributed by atoms with van der Waals surface area (Å²) in [5.41, 5.74) is 6.74. The molecular formula is C17H34N2. The first-order valence-corrected chi connectivity index (χ1v) is 8.42. The molecule has 2 N–H and O–H groups in total. The van der Waals surface area contributed by atoms with Gasteiger partial charge in [0, 0.05) is 25.2 Å². The summed E-state index contributed by atoms with van der Waals surface area (Å²) in [6, 6.07) is 1.23. The lowest BCUT2D eigenvalue weighted by Crippen LogP contribution is -2.51. The van der Waals surface area contributed by atoms with Crippen LogP contribution in [0.2, 0.25) is 0 Å². The Labute approximate surface area is 120 Å².